The molecule has 0 radical (unpaired) electrons. The number of aliphatic hydroxyl groups excluding tert-OH is 1. The van der Waals surface area contributed by atoms with Crippen molar-refractivity contribution in [2.24, 2.45) is 0 Å². The van der Waals surface area contributed by atoms with E-state index >= 15 is 0 Å². The number of benzene rings is 1. The van der Waals surface area contributed by atoms with Crippen LogP contribution >= 0.6 is 0 Å². The highest BCUT2D eigenvalue weighted by atomic mass is 32.2. The number of halogens is 2. The Hall–Kier alpha value is -1.01. The first-order chi connectivity index (χ1) is 7.27. The average molecular weight is 250 g/mol. The van der Waals surface area contributed by atoms with Gasteiger partial charge in [0.25, 0.3) is 0 Å². The molecule has 16 heavy (non-hydrogen) atoms. The molecule has 1 N–H and O–H groups in total. The fourth-order valence-corrected chi connectivity index (χ4v) is 2.15. The van der Waals surface area contributed by atoms with E-state index < -0.39 is 32.3 Å². The van der Waals surface area contributed by atoms with Gasteiger partial charge in [-0.25, -0.2) is 17.2 Å². The van der Waals surface area contributed by atoms with Crippen LogP contribution in [0.5, 0.6) is 0 Å². The van der Waals surface area contributed by atoms with Gasteiger partial charge in [0.2, 0.25) is 0 Å². The molecule has 0 aliphatic heterocycles. The lowest BCUT2D eigenvalue weighted by atomic mass is 10.0. The molecule has 0 spiro atoms. The first-order valence-electron chi connectivity index (χ1n) is 4.57. The summed E-state index contributed by atoms with van der Waals surface area (Å²) in [5.41, 5.74) is 0.227. The van der Waals surface area contributed by atoms with Gasteiger partial charge in [0.1, 0.15) is 16.5 Å². The Labute approximate surface area is 92.6 Å². The third-order valence-electron chi connectivity index (χ3n) is 2.23. The van der Waals surface area contributed by atoms with Crippen LogP contribution in [0.2, 0.25) is 0 Å². The number of rotatable bonds is 3. The van der Waals surface area contributed by atoms with Gasteiger partial charge in [-0.15, -0.1) is 0 Å². The van der Waals surface area contributed by atoms with Crippen LogP contribution in [0, 0.1) is 11.6 Å². The maximum atomic E-state index is 13.4. The van der Waals surface area contributed by atoms with E-state index in [2.05, 4.69) is 0 Å². The van der Waals surface area contributed by atoms with E-state index in [0.29, 0.717) is 0 Å². The van der Waals surface area contributed by atoms with Crippen molar-refractivity contribution in [1.82, 2.24) is 0 Å². The maximum Gasteiger partial charge on any atom is 0.181 e. The number of hydrogen-bond donors (Lipinski definition) is 1. The van der Waals surface area contributed by atoms with Crippen molar-refractivity contribution >= 4 is 9.84 Å². The van der Waals surface area contributed by atoms with Crippen LogP contribution in [0.15, 0.2) is 17.0 Å². The molecule has 90 valence electrons. The molecule has 0 aliphatic carbocycles. The van der Waals surface area contributed by atoms with Crippen molar-refractivity contribution in [1.29, 1.82) is 0 Å². The van der Waals surface area contributed by atoms with E-state index in [1.165, 1.54) is 0 Å². The molecule has 6 heteroatoms. The van der Waals surface area contributed by atoms with E-state index in [-0.39, 0.29) is 12.2 Å². The normalized spacial score (nSPS) is 13.8. The third-order valence-corrected chi connectivity index (χ3v) is 3.37. The molecule has 0 aliphatic rings. The SMILES string of the molecule is CC(CO)c1cc(F)c(S(C)(=O)=O)c(F)c1. The van der Waals surface area contributed by atoms with Crippen molar-refractivity contribution in [3.63, 3.8) is 0 Å². The van der Waals surface area contributed by atoms with Crippen molar-refractivity contribution < 1.29 is 22.3 Å². The molecule has 0 saturated heterocycles. The summed E-state index contributed by atoms with van der Waals surface area (Å²) in [7, 11) is -3.93. The molecule has 1 rings (SSSR count). The average Bonchev–Trinajstić information content (AvgIpc) is 2.13. The maximum absolute atomic E-state index is 13.4. The van der Waals surface area contributed by atoms with Gasteiger partial charge in [-0.1, -0.05) is 6.92 Å². The van der Waals surface area contributed by atoms with E-state index in [4.69, 9.17) is 5.11 Å². The molecular weight excluding hydrogens is 238 g/mol. The minimum atomic E-state index is -3.93. The Bertz CT molecular complexity index is 474. The summed E-state index contributed by atoms with van der Waals surface area (Å²) in [5, 5.41) is 8.84. The van der Waals surface area contributed by atoms with Crippen LogP contribution in [-0.2, 0) is 9.84 Å². The van der Waals surface area contributed by atoms with Crippen LogP contribution in [0.25, 0.3) is 0 Å². The molecule has 1 aromatic carbocycles. The lowest BCUT2D eigenvalue weighted by Crippen LogP contribution is -2.08. The lowest BCUT2D eigenvalue weighted by Gasteiger charge is -2.10. The number of hydrogen-bond acceptors (Lipinski definition) is 3. The predicted octanol–water partition coefficient (Wildman–Crippen LogP) is 1.46. The van der Waals surface area contributed by atoms with Crippen molar-refractivity contribution in [2.75, 3.05) is 12.9 Å². The highest BCUT2D eigenvalue weighted by molar-refractivity contribution is 7.90. The monoisotopic (exact) mass is 250 g/mol. The molecule has 0 heterocycles. The Morgan fingerprint density at radius 3 is 2.06 bits per heavy atom. The van der Waals surface area contributed by atoms with Crippen molar-refractivity contribution in [3.05, 3.63) is 29.3 Å². The molecule has 0 aromatic heterocycles. The zero-order valence-corrected chi connectivity index (χ0v) is 9.68. The second-order valence-corrected chi connectivity index (χ2v) is 5.62. The third kappa shape index (κ3) is 2.56. The minimum Gasteiger partial charge on any atom is -0.396 e. The number of sulfone groups is 1. The van der Waals surface area contributed by atoms with Crippen molar-refractivity contribution in [2.45, 2.75) is 17.7 Å². The van der Waals surface area contributed by atoms with E-state index in [1.807, 2.05) is 0 Å². The highest BCUT2D eigenvalue weighted by Gasteiger charge is 2.21. The van der Waals surface area contributed by atoms with E-state index in [0.717, 1.165) is 18.4 Å². The van der Waals surface area contributed by atoms with E-state index in [9.17, 15) is 17.2 Å². The summed E-state index contributed by atoms with van der Waals surface area (Å²) in [6, 6.07) is 1.86. The highest BCUT2D eigenvalue weighted by Crippen LogP contribution is 2.24. The molecule has 0 bridgehead atoms. The van der Waals surface area contributed by atoms with Gasteiger partial charge in [-0.2, -0.15) is 0 Å². The molecule has 3 nitrogen and oxygen atoms in total. The van der Waals surface area contributed by atoms with Crippen LogP contribution < -0.4 is 0 Å². The Balaban J connectivity index is 3.40. The molecule has 1 aromatic rings. The molecule has 0 saturated carbocycles. The van der Waals surface area contributed by atoms with Crippen LogP contribution in [0.4, 0.5) is 8.78 Å². The summed E-state index contributed by atoms with van der Waals surface area (Å²) in [4.78, 5) is -0.929. The van der Waals surface area contributed by atoms with E-state index in [1.54, 1.807) is 6.92 Å². The second kappa shape index (κ2) is 4.47. The fraction of sp³-hybridized carbons (Fsp3) is 0.400. The molecule has 1 unspecified atom stereocenters. The smallest absolute Gasteiger partial charge is 0.181 e. The fourth-order valence-electron chi connectivity index (χ4n) is 1.32. The molecular formula is C10H12F2O3S. The second-order valence-electron chi connectivity index (χ2n) is 3.67. The van der Waals surface area contributed by atoms with Crippen LogP contribution in [0.3, 0.4) is 0 Å². The first kappa shape index (κ1) is 13.1. The summed E-state index contributed by atoms with van der Waals surface area (Å²) >= 11 is 0. The summed E-state index contributed by atoms with van der Waals surface area (Å²) in [6.07, 6.45) is 0.740. The standard InChI is InChI=1S/C10H12F2O3S/c1-6(5-13)7-3-8(11)10(9(12)4-7)16(2,14)15/h3-4,6,13H,5H2,1-2H3. The van der Waals surface area contributed by atoms with Gasteiger partial charge >= 0.3 is 0 Å². The van der Waals surface area contributed by atoms with Crippen LogP contribution in [-0.4, -0.2) is 26.4 Å². The Kier molecular flexibility index (Phi) is 3.64. The van der Waals surface area contributed by atoms with Gasteiger partial charge in [-0.3, -0.25) is 0 Å². The minimum absolute atomic E-state index is 0.227. The Morgan fingerprint density at radius 2 is 1.75 bits per heavy atom. The largest absolute Gasteiger partial charge is 0.396 e. The molecule has 1 atom stereocenters. The van der Waals surface area contributed by atoms with Gasteiger partial charge in [-0.05, 0) is 17.7 Å². The summed E-state index contributed by atoms with van der Waals surface area (Å²) in [6.45, 7) is 1.31. The van der Waals surface area contributed by atoms with Crippen molar-refractivity contribution in [3.8, 4) is 0 Å². The zero-order valence-electron chi connectivity index (χ0n) is 8.87. The van der Waals surface area contributed by atoms with Gasteiger partial charge in [0, 0.05) is 18.8 Å². The van der Waals surface area contributed by atoms with Crippen LogP contribution in [0.1, 0.15) is 18.4 Å². The lowest BCUT2D eigenvalue weighted by molar-refractivity contribution is 0.272. The first-order valence-corrected chi connectivity index (χ1v) is 6.46. The zero-order chi connectivity index (χ0) is 12.5. The topological polar surface area (TPSA) is 54.4 Å². The van der Waals surface area contributed by atoms with Gasteiger partial charge in [0.05, 0.1) is 0 Å². The predicted molar refractivity (Wildman–Crippen MR) is 55.0 cm³/mol. The Morgan fingerprint density at radius 1 is 1.31 bits per heavy atom. The summed E-state index contributed by atoms with van der Waals surface area (Å²) in [5.74, 6) is -2.70. The summed E-state index contributed by atoms with van der Waals surface area (Å²) < 4.78 is 49.0. The number of aliphatic hydroxyl groups is 1. The van der Waals surface area contributed by atoms with Gasteiger partial charge in [0.15, 0.2) is 9.84 Å². The quantitative estimate of drug-likeness (QED) is 0.883. The van der Waals surface area contributed by atoms with Gasteiger partial charge < -0.3 is 5.11 Å². The molecule has 0 amide bonds. The molecule has 0 fully saturated rings.